The molecule has 3 N–H and O–H groups in total. The number of imide groups is 1. The Hall–Kier alpha value is -3.56. The van der Waals surface area contributed by atoms with E-state index in [1.54, 1.807) is 17.5 Å². The molecule has 170 valence electrons. The summed E-state index contributed by atoms with van der Waals surface area (Å²) in [6, 6.07) is 9.69. The number of anilines is 1. The fourth-order valence-electron chi connectivity index (χ4n) is 5.63. The van der Waals surface area contributed by atoms with Crippen LogP contribution in [0.4, 0.5) is 5.95 Å². The summed E-state index contributed by atoms with van der Waals surface area (Å²) in [5.74, 6) is -0.176. The van der Waals surface area contributed by atoms with Gasteiger partial charge in [0.15, 0.2) is 0 Å². The van der Waals surface area contributed by atoms with Gasteiger partial charge in [0.1, 0.15) is 4.83 Å². The lowest BCUT2D eigenvalue weighted by molar-refractivity contribution is -0.122. The molecule has 3 aliphatic heterocycles. The first-order valence-corrected chi connectivity index (χ1v) is 12.4. The molecule has 1 aromatic carbocycles. The van der Waals surface area contributed by atoms with Crippen molar-refractivity contribution in [3.8, 4) is 0 Å². The zero-order valence-corrected chi connectivity index (χ0v) is 19.2. The van der Waals surface area contributed by atoms with E-state index in [0.29, 0.717) is 22.8 Å². The van der Waals surface area contributed by atoms with Crippen LogP contribution in [-0.4, -0.2) is 51.9 Å². The zero-order chi connectivity index (χ0) is 22.9. The van der Waals surface area contributed by atoms with Crippen molar-refractivity contribution < 1.29 is 9.59 Å². The van der Waals surface area contributed by atoms with Gasteiger partial charge in [-0.2, -0.15) is 0 Å². The molecule has 3 aliphatic rings. The van der Waals surface area contributed by atoms with Crippen molar-refractivity contribution >= 4 is 61.4 Å². The number of benzene rings is 1. The Morgan fingerprint density at radius 2 is 1.76 bits per heavy atom. The third-order valence-electron chi connectivity index (χ3n) is 7.48. The number of H-pyrrole nitrogens is 1. The number of piperidine rings is 1. The summed E-state index contributed by atoms with van der Waals surface area (Å²) in [5.41, 5.74) is 2.75. The van der Waals surface area contributed by atoms with Gasteiger partial charge in [0.05, 0.1) is 22.4 Å². The van der Waals surface area contributed by atoms with Gasteiger partial charge in [0, 0.05) is 34.6 Å². The summed E-state index contributed by atoms with van der Waals surface area (Å²) in [4.78, 5) is 42.6. The number of carbonyl (C=O) groups excluding carboxylic acids is 2. The molecular weight excluding hydrogens is 448 g/mol. The van der Waals surface area contributed by atoms with Gasteiger partial charge in [-0.3, -0.25) is 14.9 Å². The first-order valence-electron chi connectivity index (χ1n) is 11.6. The van der Waals surface area contributed by atoms with Crippen LogP contribution in [0.25, 0.3) is 32.3 Å². The van der Waals surface area contributed by atoms with Crippen molar-refractivity contribution in [1.82, 2.24) is 25.6 Å². The van der Waals surface area contributed by atoms with Crippen molar-refractivity contribution in [3.05, 3.63) is 53.2 Å². The molecule has 4 aromatic rings. The highest BCUT2D eigenvalue weighted by atomic mass is 32.1. The predicted molar refractivity (Wildman–Crippen MR) is 132 cm³/mol. The van der Waals surface area contributed by atoms with Crippen LogP contribution in [0, 0.1) is 0 Å². The first kappa shape index (κ1) is 19.9. The Labute approximate surface area is 199 Å². The summed E-state index contributed by atoms with van der Waals surface area (Å²) in [6.07, 6.45) is 5.01. The topological polar surface area (TPSA) is 103 Å². The minimum absolute atomic E-state index is 0.0689. The standard InChI is InChI=1S/C25H22N6O2S/c32-21-18(16-13-27-23-14(16)5-12-34-23)19(22(33)30-21)20-15-3-1-2-4-17(15)28-24(29-20)31-11-8-25(31)6-9-26-10-7-25/h1-5,12-13,26-27H,6-11H2,(H,30,32,33). The molecule has 0 bridgehead atoms. The fourth-order valence-corrected chi connectivity index (χ4v) is 6.41. The van der Waals surface area contributed by atoms with E-state index in [0.717, 1.165) is 65.6 Å². The summed E-state index contributed by atoms with van der Waals surface area (Å²) >= 11 is 1.57. The number of carbonyl (C=O) groups is 2. The molecule has 0 unspecified atom stereocenters. The molecule has 0 radical (unpaired) electrons. The number of para-hydroxylation sites is 1. The van der Waals surface area contributed by atoms with Crippen molar-refractivity contribution in [2.24, 2.45) is 0 Å². The number of nitrogens with one attached hydrogen (secondary N) is 3. The number of nitrogens with zero attached hydrogens (tertiary/aromatic N) is 3. The normalized spacial score (nSPS) is 19.9. The molecule has 0 aliphatic carbocycles. The third-order valence-corrected chi connectivity index (χ3v) is 8.33. The van der Waals surface area contributed by atoms with E-state index < -0.39 is 11.8 Å². The van der Waals surface area contributed by atoms with Crippen molar-refractivity contribution in [1.29, 1.82) is 0 Å². The first-order chi connectivity index (χ1) is 16.6. The molecule has 8 nitrogen and oxygen atoms in total. The van der Waals surface area contributed by atoms with Gasteiger partial charge in [-0.05, 0) is 49.9 Å². The van der Waals surface area contributed by atoms with Crippen LogP contribution in [0.15, 0.2) is 41.9 Å². The lowest BCUT2D eigenvalue weighted by atomic mass is 9.77. The second kappa shape index (κ2) is 7.22. The van der Waals surface area contributed by atoms with Crippen LogP contribution in [0.2, 0.25) is 0 Å². The highest BCUT2D eigenvalue weighted by molar-refractivity contribution is 7.16. The molecule has 2 saturated heterocycles. The Balaban J connectivity index is 1.46. The van der Waals surface area contributed by atoms with Crippen molar-refractivity contribution in [2.75, 3.05) is 24.5 Å². The minimum Gasteiger partial charge on any atom is -0.352 e. The summed E-state index contributed by atoms with van der Waals surface area (Å²) < 4.78 is 0. The third kappa shape index (κ3) is 2.74. The molecule has 7 rings (SSSR count). The Kier molecular flexibility index (Phi) is 4.22. The minimum atomic E-state index is -0.417. The van der Waals surface area contributed by atoms with Gasteiger partial charge in [-0.25, -0.2) is 9.97 Å². The number of rotatable bonds is 3. The fraction of sp³-hybridized carbons (Fsp3) is 0.280. The van der Waals surface area contributed by atoms with E-state index in [9.17, 15) is 9.59 Å². The molecule has 0 saturated carbocycles. The van der Waals surface area contributed by atoms with Gasteiger partial charge >= 0.3 is 0 Å². The van der Waals surface area contributed by atoms with Crippen LogP contribution in [0.5, 0.6) is 0 Å². The van der Waals surface area contributed by atoms with E-state index in [4.69, 9.17) is 9.97 Å². The monoisotopic (exact) mass is 470 g/mol. The molecule has 3 aromatic heterocycles. The summed E-state index contributed by atoms with van der Waals surface area (Å²) in [6.45, 7) is 2.85. The lowest BCUT2D eigenvalue weighted by Crippen LogP contribution is -2.64. The molecule has 6 heterocycles. The van der Waals surface area contributed by atoms with Crippen LogP contribution < -0.4 is 15.5 Å². The number of amides is 2. The second-order valence-corrected chi connectivity index (χ2v) is 10.1. The highest BCUT2D eigenvalue weighted by Gasteiger charge is 2.47. The second-order valence-electron chi connectivity index (χ2n) is 9.16. The van der Waals surface area contributed by atoms with Crippen LogP contribution in [0.3, 0.4) is 0 Å². The number of fused-ring (bicyclic) bond motifs is 2. The SMILES string of the molecule is O=C1NC(=O)C(c2c[nH]c3sccc23)=C1c1nc(N2CCC23CCNCC3)nc2ccccc12. The van der Waals surface area contributed by atoms with Crippen LogP contribution in [0.1, 0.15) is 30.5 Å². The molecule has 1 spiro atoms. The summed E-state index contributed by atoms with van der Waals surface area (Å²) in [5, 5.41) is 9.62. The van der Waals surface area contributed by atoms with E-state index in [2.05, 4.69) is 20.5 Å². The van der Waals surface area contributed by atoms with Gasteiger partial charge in [-0.1, -0.05) is 18.2 Å². The molecular formula is C25H22N6O2S. The molecule has 0 atom stereocenters. The van der Waals surface area contributed by atoms with E-state index in [1.807, 2.05) is 35.7 Å². The van der Waals surface area contributed by atoms with E-state index in [1.165, 1.54) is 0 Å². The quantitative estimate of drug-likeness (QED) is 0.398. The average molecular weight is 471 g/mol. The number of hydrogen-bond donors (Lipinski definition) is 3. The number of hydrogen-bond acceptors (Lipinski definition) is 7. The maximum absolute atomic E-state index is 13.2. The van der Waals surface area contributed by atoms with E-state index in [-0.39, 0.29) is 5.54 Å². The van der Waals surface area contributed by atoms with Gasteiger partial charge in [0.25, 0.3) is 11.8 Å². The maximum atomic E-state index is 13.2. The lowest BCUT2D eigenvalue weighted by Gasteiger charge is -2.55. The van der Waals surface area contributed by atoms with Gasteiger partial charge in [0.2, 0.25) is 5.95 Å². The average Bonchev–Trinajstić information content (AvgIpc) is 3.53. The molecule has 34 heavy (non-hydrogen) atoms. The molecule has 2 fully saturated rings. The van der Waals surface area contributed by atoms with Crippen molar-refractivity contribution in [3.63, 3.8) is 0 Å². The van der Waals surface area contributed by atoms with Crippen LogP contribution >= 0.6 is 11.3 Å². The number of thiophene rings is 1. The molecule has 9 heteroatoms. The number of aromatic nitrogens is 3. The van der Waals surface area contributed by atoms with Gasteiger partial charge < -0.3 is 15.2 Å². The number of aromatic amines is 1. The summed E-state index contributed by atoms with van der Waals surface area (Å²) in [7, 11) is 0. The smallest absolute Gasteiger partial charge is 0.261 e. The Morgan fingerprint density at radius 3 is 2.59 bits per heavy atom. The van der Waals surface area contributed by atoms with E-state index >= 15 is 0 Å². The Morgan fingerprint density at radius 1 is 0.941 bits per heavy atom. The van der Waals surface area contributed by atoms with Gasteiger partial charge in [-0.15, -0.1) is 11.3 Å². The molecule has 2 amide bonds. The highest BCUT2D eigenvalue weighted by Crippen LogP contribution is 2.43. The van der Waals surface area contributed by atoms with Crippen molar-refractivity contribution in [2.45, 2.75) is 24.8 Å². The van der Waals surface area contributed by atoms with Crippen LogP contribution in [-0.2, 0) is 9.59 Å². The maximum Gasteiger partial charge on any atom is 0.261 e. The predicted octanol–water partition coefficient (Wildman–Crippen LogP) is 3.07. The Bertz CT molecular complexity index is 1530. The largest absolute Gasteiger partial charge is 0.352 e. The zero-order valence-electron chi connectivity index (χ0n) is 18.4.